The standard InChI is InChI=1S/C29H26FN3O2/c30-23-13-10-21(11-14-23)12-15-27(34)32-16-18-33(19-17-32)28(35)20-25-24-8-4-5-9-26(24)31-29(25)22-6-2-1-3-7-22/h1-15,31H,16-20H2/b15-12+. The van der Waals surface area contributed by atoms with Crippen molar-refractivity contribution >= 4 is 28.8 Å². The summed E-state index contributed by atoms with van der Waals surface area (Å²) in [6.45, 7) is 1.96. The number of benzene rings is 3. The Kier molecular flexibility index (Phi) is 6.44. The van der Waals surface area contributed by atoms with E-state index in [9.17, 15) is 14.0 Å². The van der Waals surface area contributed by atoms with Crippen molar-refractivity contribution in [3.05, 3.63) is 102 Å². The molecule has 0 spiro atoms. The van der Waals surface area contributed by atoms with Crippen LogP contribution < -0.4 is 0 Å². The number of nitrogens with one attached hydrogen (secondary N) is 1. The molecule has 2 amide bonds. The van der Waals surface area contributed by atoms with Crippen LogP contribution in [0.25, 0.3) is 28.2 Å². The maximum Gasteiger partial charge on any atom is 0.246 e. The molecule has 1 fully saturated rings. The van der Waals surface area contributed by atoms with E-state index in [2.05, 4.69) is 4.98 Å². The zero-order valence-corrected chi connectivity index (χ0v) is 19.3. The van der Waals surface area contributed by atoms with E-state index in [1.807, 2.05) is 59.5 Å². The summed E-state index contributed by atoms with van der Waals surface area (Å²) in [5.41, 5.74) is 4.80. The van der Waals surface area contributed by atoms with E-state index >= 15 is 0 Å². The van der Waals surface area contributed by atoms with Gasteiger partial charge in [0.1, 0.15) is 5.82 Å². The number of para-hydroxylation sites is 1. The zero-order chi connectivity index (χ0) is 24.2. The maximum absolute atomic E-state index is 13.3. The Hall–Kier alpha value is -4.19. The van der Waals surface area contributed by atoms with E-state index in [1.165, 1.54) is 18.2 Å². The van der Waals surface area contributed by atoms with Crippen LogP contribution in [-0.4, -0.2) is 52.8 Å². The third-order valence-electron chi connectivity index (χ3n) is 6.44. The summed E-state index contributed by atoms with van der Waals surface area (Å²) in [5, 5.41) is 1.06. The van der Waals surface area contributed by atoms with Gasteiger partial charge in [0.15, 0.2) is 0 Å². The van der Waals surface area contributed by atoms with E-state index in [4.69, 9.17) is 0 Å². The van der Waals surface area contributed by atoms with Crippen molar-refractivity contribution in [2.24, 2.45) is 0 Å². The highest BCUT2D eigenvalue weighted by Crippen LogP contribution is 2.31. The predicted molar refractivity (Wildman–Crippen MR) is 136 cm³/mol. The predicted octanol–water partition coefficient (Wildman–Crippen LogP) is 4.90. The van der Waals surface area contributed by atoms with Gasteiger partial charge >= 0.3 is 0 Å². The third kappa shape index (κ3) is 5.01. The van der Waals surface area contributed by atoms with Crippen molar-refractivity contribution in [2.75, 3.05) is 26.2 Å². The Morgan fingerprint density at radius 1 is 0.829 bits per heavy atom. The van der Waals surface area contributed by atoms with Crippen LogP contribution in [0.3, 0.4) is 0 Å². The first kappa shape index (κ1) is 22.6. The number of hydrogen-bond acceptors (Lipinski definition) is 2. The minimum Gasteiger partial charge on any atom is -0.354 e. The topological polar surface area (TPSA) is 56.4 Å². The molecule has 0 aliphatic carbocycles. The number of amides is 2. The van der Waals surface area contributed by atoms with Crippen LogP contribution in [0.4, 0.5) is 4.39 Å². The van der Waals surface area contributed by atoms with E-state index in [1.54, 1.807) is 23.1 Å². The molecule has 0 unspecified atom stereocenters. The van der Waals surface area contributed by atoms with Crippen LogP contribution in [-0.2, 0) is 16.0 Å². The lowest BCUT2D eigenvalue weighted by Gasteiger charge is -2.34. The SMILES string of the molecule is O=C(/C=C/c1ccc(F)cc1)N1CCN(C(=O)Cc2c(-c3ccccc3)[nH]c3ccccc23)CC1. The number of halogens is 1. The lowest BCUT2D eigenvalue weighted by atomic mass is 10.0. The van der Waals surface area contributed by atoms with Gasteiger partial charge in [0.25, 0.3) is 0 Å². The number of carbonyl (C=O) groups is 2. The largest absolute Gasteiger partial charge is 0.354 e. The molecule has 2 heterocycles. The lowest BCUT2D eigenvalue weighted by Crippen LogP contribution is -2.50. The van der Waals surface area contributed by atoms with Gasteiger partial charge in [0.2, 0.25) is 11.8 Å². The van der Waals surface area contributed by atoms with Gasteiger partial charge < -0.3 is 14.8 Å². The quantitative estimate of drug-likeness (QED) is 0.425. The summed E-state index contributed by atoms with van der Waals surface area (Å²) in [6.07, 6.45) is 3.48. The number of hydrogen-bond donors (Lipinski definition) is 1. The molecule has 0 bridgehead atoms. The number of piperazine rings is 1. The molecule has 1 saturated heterocycles. The molecule has 1 aliphatic heterocycles. The summed E-state index contributed by atoms with van der Waals surface area (Å²) < 4.78 is 13.0. The molecule has 1 aromatic heterocycles. The minimum atomic E-state index is -0.308. The first-order valence-corrected chi connectivity index (χ1v) is 11.7. The van der Waals surface area contributed by atoms with Crippen molar-refractivity contribution in [2.45, 2.75) is 6.42 Å². The van der Waals surface area contributed by atoms with Crippen LogP contribution >= 0.6 is 0 Å². The molecular formula is C29H26FN3O2. The Morgan fingerprint density at radius 3 is 2.23 bits per heavy atom. The smallest absolute Gasteiger partial charge is 0.246 e. The summed E-state index contributed by atoms with van der Waals surface area (Å²) in [6, 6.07) is 24.1. The summed E-state index contributed by atoms with van der Waals surface area (Å²) in [5.74, 6) is -0.358. The van der Waals surface area contributed by atoms with Crippen molar-refractivity contribution in [3.63, 3.8) is 0 Å². The Labute approximate surface area is 203 Å². The number of aromatic amines is 1. The van der Waals surface area contributed by atoms with Crippen molar-refractivity contribution in [1.29, 1.82) is 0 Å². The summed E-state index contributed by atoms with van der Waals surface area (Å²) in [4.78, 5) is 32.9. The molecule has 1 N–H and O–H groups in total. The Bertz CT molecular complexity index is 1370. The van der Waals surface area contributed by atoms with Gasteiger partial charge in [0.05, 0.1) is 12.1 Å². The van der Waals surface area contributed by atoms with Gasteiger partial charge in [-0.3, -0.25) is 9.59 Å². The number of rotatable bonds is 5. The normalized spacial score (nSPS) is 14.1. The fraction of sp³-hybridized carbons (Fsp3) is 0.172. The summed E-state index contributed by atoms with van der Waals surface area (Å²) in [7, 11) is 0. The number of aromatic nitrogens is 1. The van der Waals surface area contributed by atoms with E-state index in [-0.39, 0.29) is 17.6 Å². The monoisotopic (exact) mass is 467 g/mol. The molecule has 176 valence electrons. The second-order valence-corrected chi connectivity index (χ2v) is 8.66. The fourth-order valence-electron chi connectivity index (χ4n) is 4.52. The third-order valence-corrected chi connectivity index (χ3v) is 6.44. The van der Waals surface area contributed by atoms with E-state index < -0.39 is 0 Å². The van der Waals surface area contributed by atoms with Crippen LogP contribution in [0, 0.1) is 5.82 Å². The average molecular weight is 468 g/mol. The second kappa shape index (κ2) is 9.97. The van der Waals surface area contributed by atoms with E-state index in [0.29, 0.717) is 32.6 Å². The molecule has 6 heteroatoms. The number of carbonyl (C=O) groups excluding carboxylic acids is 2. The van der Waals surface area contributed by atoms with Gasteiger partial charge in [-0.2, -0.15) is 0 Å². The van der Waals surface area contributed by atoms with Gasteiger partial charge in [0, 0.05) is 43.2 Å². The highest BCUT2D eigenvalue weighted by atomic mass is 19.1. The Balaban J connectivity index is 1.25. The molecule has 0 saturated carbocycles. The molecule has 4 aromatic rings. The van der Waals surface area contributed by atoms with Crippen LogP contribution in [0.15, 0.2) is 84.9 Å². The first-order chi connectivity index (χ1) is 17.1. The molecule has 0 radical (unpaired) electrons. The van der Waals surface area contributed by atoms with Crippen molar-refractivity contribution < 1.29 is 14.0 Å². The van der Waals surface area contributed by atoms with Gasteiger partial charge in [-0.1, -0.05) is 60.7 Å². The van der Waals surface area contributed by atoms with Crippen LogP contribution in [0.2, 0.25) is 0 Å². The van der Waals surface area contributed by atoms with Crippen molar-refractivity contribution in [3.8, 4) is 11.3 Å². The van der Waals surface area contributed by atoms with Crippen molar-refractivity contribution in [1.82, 2.24) is 14.8 Å². The zero-order valence-electron chi connectivity index (χ0n) is 19.3. The summed E-state index contributed by atoms with van der Waals surface area (Å²) >= 11 is 0. The number of nitrogens with zero attached hydrogens (tertiary/aromatic N) is 2. The number of H-pyrrole nitrogens is 1. The van der Waals surface area contributed by atoms with E-state index in [0.717, 1.165) is 33.3 Å². The molecule has 3 aromatic carbocycles. The molecule has 5 nitrogen and oxygen atoms in total. The first-order valence-electron chi connectivity index (χ1n) is 11.7. The average Bonchev–Trinajstić information content (AvgIpc) is 3.27. The molecule has 35 heavy (non-hydrogen) atoms. The highest BCUT2D eigenvalue weighted by Gasteiger charge is 2.25. The van der Waals surface area contributed by atoms with Gasteiger partial charge in [-0.25, -0.2) is 4.39 Å². The van der Waals surface area contributed by atoms with Crippen LogP contribution in [0.1, 0.15) is 11.1 Å². The van der Waals surface area contributed by atoms with Crippen LogP contribution in [0.5, 0.6) is 0 Å². The lowest BCUT2D eigenvalue weighted by molar-refractivity contribution is -0.136. The number of fused-ring (bicyclic) bond motifs is 1. The molecule has 0 atom stereocenters. The fourth-order valence-corrected chi connectivity index (χ4v) is 4.52. The Morgan fingerprint density at radius 2 is 1.49 bits per heavy atom. The van der Waals surface area contributed by atoms with Gasteiger partial charge in [-0.05, 0) is 41.0 Å². The minimum absolute atomic E-state index is 0.0564. The maximum atomic E-state index is 13.3. The molecule has 1 aliphatic rings. The molecule has 5 rings (SSSR count). The highest BCUT2D eigenvalue weighted by molar-refractivity contribution is 5.95. The van der Waals surface area contributed by atoms with Gasteiger partial charge in [-0.15, -0.1) is 0 Å². The molecular weight excluding hydrogens is 441 g/mol. The second-order valence-electron chi connectivity index (χ2n) is 8.66.